The van der Waals surface area contributed by atoms with Gasteiger partial charge in [-0.05, 0) is 12.1 Å². The molecule has 1 aliphatic rings. The molecule has 0 saturated carbocycles. The Morgan fingerprint density at radius 3 is 2.73 bits per heavy atom. The van der Waals surface area contributed by atoms with Gasteiger partial charge in [0.15, 0.2) is 0 Å². The standard InChI is InChI=1S/C12H15NO2/c1-10(14)13-8-7-12(9-13)15-11-5-3-2-4-6-11/h2-6,12H,7-9H2,1H3. The summed E-state index contributed by atoms with van der Waals surface area (Å²) in [5.41, 5.74) is 0. The topological polar surface area (TPSA) is 29.5 Å². The van der Waals surface area contributed by atoms with Gasteiger partial charge < -0.3 is 9.64 Å². The van der Waals surface area contributed by atoms with E-state index < -0.39 is 0 Å². The molecule has 80 valence electrons. The van der Waals surface area contributed by atoms with E-state index in [-0.39, 0.29) is 12.0 Å². The fourth-order valence-electron chi connectivity index (χ4n) is 1.80. The van der Waals surface area contributed by atoms with E-state index in [9.17, 15) is 4.79 Å². The summed E-state index contributed by atoms with van der Waals surface area (Å²) >= 11 is 0. The number of hydrogen-bond donors (Lipinski definition) is 0. The number of benzene rings is 1. The first-order chi connectivity index (χ1) is 7.25. The van der Waals surface area contributed by atoms with Crippen LogP contribution in [0, 0.1) is 0 Å². The number of amides is 1. The molecule has 1 fully saturated rings. The zero-order valence-electron chi connectivity index (χ0n) is 8.85. The maximum atomic E-state index is 11.1. The molecular weight excluding hydrogens is 190 g/mol. The summed E-state index contributed by atoms with van der Waals surface area (Å²) in [6.07, 6.45) is 1.07. The third kappa shape index (κ3) is 2.49. The molecule has 0 bridgehead atoms. The van der Waals surface area contributed by atoms with E-state index in [0.717, 1.165) is 18.7 Å². The second-order valence-electron chi connectivity index (χ2n) is 3.81. The maximum absolute atomic E-state index is 11.1. The monoisotopic (exact) mass is 205 g/mol. The Morgan fingerprint density at radius 2 is 2.13 bits per heavy atom. The quantitative estimate of drug-likeness (QED) is 0.735. The SMILES string of the molecule is CC(=O)N1CCC(Oc2ccccc2)C1. The number of carbonyl (C=O) groups is 1. The van der Waals surface area contributed by atoms with Crippen molar-refractivity contribution in [2.75, 3.05) is 13.1 Å². The molecule has 0 N–H and O–H groups in total. The molecule has 1 saturated heterocycles. The largest absolute Gasteiger partial charge is 0.489 e. The van der Waals surface area contributed by atoms with Crippen molar-refractivity contribution < 1.29 is 9.53 Å². The van der Waals surface area contributed by atoms with Crippen LogP contribution in [0.2, 0.25) is 0 Å². The molecule has 1 heterocycles. The van der Waals surface area contributed by atoms with Crippen LogP contribution in [0.1, 0.15) is 13.3 Å². The highest BCUT2D eigenvalue weighted by Crippen LogP contribution is 2.17. The van der Waals surface area contributed by atoms with Crippen molar-refractivity contribution in [3.8, 4) is 5.75 Å². The second kappa shape index (κ2) is 4.34. The Labute approximate surface area is 89.7 Å². The molecule has 0 aromatic heterocycles. The molecule has 0 radical (unpaired) electrons. The molecule has 0 aliphatic carbocycles. The number of ether oxygens (including phenoxy) is 1. The first-order valence-corrected chi connectivity index (χ1v) is 5.23. The van der Waals surface area contributed by atoms with E-state index in [1.54, 1.807) is 6.92 Å². The van der Waals surface area contributed by atoms with Crippen LogP contribution >= 0.6 is 0 Å². The molecule has 15 heavy (non-hydrogen) atoms. The summed E-state index contributed by atoms with van der Waals surface area (Å²) in [7, 11) is 0. The average molecular weight is 205 g/mol. The summed E-state index contributed by atoms with van der Waals surface area (Å²) < 4.78 is 5.76. The highest BCUT2D eigenvalue weighted by Gasteiger charge is 2.25. The second-order valence-corrected chi connectivity index (χ2v) is 3.81. The Bertz CT molecular complexity index is 337. The van der Waals surface area contributed by atoms with Gasteiger partial charge in [0, 0.05) is 19.9 Å². The lowest BCUT2D eigenvalue weighted by atomic mass is 10.3. The Kier molecular flexibility index (Phi) is 2.90. The van der Waals surface area contributed by atoms with Crippen LogP contribution in [0.15, 0.2) is 30.3 Å². The average Bonchev–Trinajstić information content (AvgIpc) is 2.68. The highest BCUT2D eigenvalue weighted by atomic mass is 16.5. The highest BCUT2D eigenvalue weighted by molar-refractivity contribution is 5.73. The van der Waals surface area contributed by atoms with Gasteiger partial charge in [0.25, 0.3) is 0 Å². The molecular formula is C12H15NO2. The number of para-hydroxylation sites is 1. The Balaban J connectivity index is 1.90. The van der Waals surface area contributed by atoms with Gasteiger partial charge in [-0.15, -0.1) is 0 Å². The number of carbonyl (C=O) groups excluding carboxylic acids is 1. The predicted molar refractivity (Wildman–Crippen MR) is 57.7 cm³/mol. The zero-order valence-corrected chi connectivity index (χ0v) is 8.85. The molecule has 0 spiro atoms. The lowest BCUT2D eigenvalue weighted by molar-refractivity contribution is -0.128. The summed E-state index contributed by atoms with van der Waals surface area (Å²) in [6, 6.07) is 9.75. The van der Waals surface area contributed by atoms with Crippen LogP contribution < -0.4 is 4.74 Å². The zero-order chi connectivity index (χ0) is 10.7. The number of nitrogens with zero attached hydrogens (tertiary/aromatic N) is 1. The van der Waals surface area contributed by atoms with Gasteiger partial charge in [-0.1, -0.05) is 18.2 Å². The summed E-state index contributed by atoms with van der Waals surface area (Å²) in [6.45, 7) is 3.13. The van der Waals surface area contributed by atoms with E-state index >= 15 is 0 Å². The van der Waals surface area contributed by atoms with Gasteiger partial charge in [-0.3, -0.25) is 4.79 Å². The molecule has 2 rings (SSSR count). The molecule has 1 aliphatic heterocycles. The van der Waals surface area contributed by atoms with Gasteiger partial charge in [0.2, 0.25) is 5.91 Å². The van der Waals surface area contributed by atoms with E-state index in [0.29, 0.717) is 6.54 Å². The van der Waals surface area contributed by atoms with Crippen LogP contribution in [0.3, 0.4) is 0 Å². The minimum absolute atomic E-state index is 0.133. The van der Waals surface area contributed by atoms with E-state index in [4.69, 9.17) is 4.74 Å². The molecule has 1 unspecified atom stereocenters. The lowest BCUT2D eigenvalue weighted by Crippen LogP contribution is -2.28. The molecule has 3 nitrogen and oxygen atoms in total. The van der Waals surface area contributed by atoms with Gasteiger partial charge in [-0.2, -0.15) is 0 Å². The first-order valence-electron chi connectivity index (χ1n) is 5.23. The minimum Gasteiger partial charge on any atom is -0.489 e. The maximum Gasteiger partial charge on any atom is 0.219 e. The van der Waals surface area contributed by atoms with Crippen molar-refractivity contribution >= 4 is 5.91 Å². The lowest BCUT2D eigenvalue weighted by Gasteiger charge is -2.15. The smallest absolute Gasteiger partial charge is 0.219 e. The summed E-state index contributed by atoms with van der Waals surface area (Å²) in [5.74, 6) is 1.02. The van der Waals surface area contributed by atoms with Crippen LogP contribution in [-0.4, -0.2) is 30.0 Å². The summed E-state index contributed by atoms with van der Waals surface area (Å²) in [4.78, 5) is 12.9. The van der Waals surface area contributed by atoms with Gasteiger partial charge in [0.1, 0.15) is 11.9 Å². The van der Waals surface area contributed by atoms with Gasteiger partial charge in [0.05, 0.1) is 6.54 Å². The number of hydrogen-bond acceptors (Lipinski definition) is 2. The van der Waals surface area contributed by atoms with E-state index in [1.807, 2.05) is 35.2 Å². The van der Waals surface area contributed by atoms with Crippen molar-refractivity contribution in [3.05, 3.63) is 30.3 Å². The van der Waals surface area contributed by atoms with Crippen molar-refractivity contribution in [2.45, 2.75) is 19.4 Å². The fourth-order valence-corrected chi connectivity index (χ4v) is 1.80. The molecule has 1 atom stereocenters. The fraction of sp³-hybridized carbons (Fsp3) is 0.417. The third-order valence-electron chi connectivity index (χ3n) is 2.64. The van der Waals surface area contributed by atoms with Crippen LogP contribution in [0.25, 0.3) is 0 Å². The van der Waals surface area contributed by atoms with E-state index in [1.165, 1.54) is 0 Å². The third-order valence-corrected chi connectivity index (χ3v) is 2.64. The van der Waals surface area contributed by atoms with Crippen molar-refractivity contribution in [3.63, 3.8) is 0 Å². The van der Waals surface area contributed by atoms with Crippen molar-refractivity contribution in [1.82, 2.24) is 4.90 Å². The van der Waals surface area contributed by atoms with Crippen molar-refractivity contribution in [2.24, 2.45) is 0 Å². The number of likely N-dealkylation sites (tertiary alicyclic amines) is 1. The molecule has 1 amide bonds. The van der Waals surface area contributed by atoms with Crippen LogP contribution in [-0.2, 0) is 4.79 Å². The van der Waals surface area contributed by atoms with E-state index in [2.05, 4.69) is 0 Å². The number of rotatable bonds is 2. The normalized spacial score (nSPS) is 20.3. The molecule has 1 aromatic carbocycles. The van der Waals surface area contributed by atoms with Crippen LogP contribution in [0.5, 0.6) is 5.75 Å². The Hall–Kier alpha value is -1.51. The van der Waals surface area contributed by atoms with Crippen molar-refractivity contribution in [1.29, 1.82) is 0 Å². The molecule has 1 aromatic rings. The Morgan fingerprint density at radius 1 is 1.40 bits per heavy atom. The van der Waals surface area contributed by atoms with Crippen LogP contribution in [0.4, 0.5) is 0 Å². The van der Waals surface area contributed by atoms with Gasteiger partial charge in [-0.25, -0.2) is 0 Å². The summed E-state index contributed by atoms with van der Waals surface area (Å²) in [5, 5.41) is 0. The molecule has 3 heteroatoms. The predicted octanol–water partition coefficient (Wildman–Crippen LogP) is 1.69. The first kappa shape index (κ1) is 10.0. The minimum atomic E-state index is 0.133. The van der Waals surface area contributed by atoms with Gasteiger partial charge >= 0.3 is 0 Å².